The van der Waals surface area contributed by atoms with Crippen LogP contribution in [0.2, 0.25) is 0 Å². The summed E-state index contributed by atoms with van der Waals surface area (Å²) in [7, 11) is 0. The third-order valence-electron chi connectivity index (χ3n) is 6.60. The van der Waals surface area contributed by atoms with Gasteiger partial charge in [0.05, 0.1) is 16.8 Å². The van der Waals surface area contributed by atoms with Gasteiger partial charge < -0.3 is 15.4 Å². The molecular weight excluding hydrogens is 563 g/mol. The first-order chi connectivity index (χ1) is 20.6. The number of hydrogen-bond acceptors (Lipinski definition) is 6. The van der Waals surface area contributed by atoms with Crippen molar-refractivity contribution >= 4 is 66.7 Å². The second-order valence-corrected chi connectivity index (χ2v) is 11.7. The Bertz CT molecular complexity index is 1890. The van der Waals surface area contributed by atoms with Gasteiger partial charge in [0.25, 0.3) is 5.91 Å². The number of thiazole rings is 1. The lowest BCUT2D eigenvalue weighted by Gasteiger charge is -2.17. The molecule has 1 atom stereocenters. The highest BCUT2D eigenvalue weighted by Gasteiger charge is 2.23. The van der Waals surface area contributed by atoms with Gasteiger partial charge in [-0.1, -0.05) is 78.1 Å². The van der Waals surface area contributed by atoms with Crippen LogP contribution in [-0.4, -0.2) is 23.4 Å². The van der Waals surface area contributed by atoms with Crippen LogP contribution < -0.4 is 15.4 Å². The standard InChI is InChI=1S/C34H27N3O3S2/c1-2-40-27-17-18-29-30(21-27)42-34(36-29)37-33(39)31(23-10-4-3-5-11-23)41-28-14-8-13-26(20-28)35-32(38)25-16-15-22-9-6-7-12-24(22)19-25/h3-21,31H,2H2,1H3,(H,35,38)(H,36,37,39). The second-order valence-electron chi connectivity index (χ2n) is 9.52. The van der Waals surface area contributed by atoms with Crippen molar-refractivity contribution in [2.75, 3.05) is 17.2 Å². The van der Waals surface area contributed by atoms with Crippen LogP contribution >= 0.6 is 23.1 Å². The predicted octanol–water partition coefficient (Wildman–Crippen LogP) is 8.57. The van der Waals surface area contributed by atoms with Gasteiger partial charge in [0, 0.05) is 16.1 Å². The maximum atomic E-state index is 13.7. The number of nitrogens with one attached hydrogen (secondary N) is 2. The molecule has 0 aliphatic rings. The number of amides is 2. The number of rotatable bonds is 9. The SMILES string of the molecule is CCOc1ccc2nc(NC(=O)C(Sc3cccc(NC(=O)c4ccc5ccccc5c4)c3)c3ccccc3)sc2c1. The fourth-order valence-corrected chi connectivity index (χ4v) is 6.58. The Balaban J connectivity index is 1.21. The molecule has 6 nitrogen and oxygen atoms in total. The van der Waals surface area contributed by atoms with Crippen molar-refractivity contribution in [3.05, 3.63) is 126 Å². The molecular formula is C34H27N3O3S2. The molecule has 0 fully saturated rings. The molecule has 2 N–H and O–H groups in total. The fraction of sp³-hybridized carbons (Fsp3) is 0.0882. The summed E-state index contributed by atoms with van der Waals surface area (Å²) < 4.78 is 6.54. The summed E-state index contributed by atoms with van der Waals surface area (Å²) in [4.78, 5) is 32.2. The molecule has 1 aromatic heterocycles. The summed E-state index contributed by atoms with van der Waals surface area (Å²) >= 11 is 2.83. The monoisotopic (exact) mass is 589 g/mol. The minimum Gasteiger partial charge on any atom is -0.494 e. The number of benzene rings is 5. The molecule has 8 heteroatoms. The lowest BCUT2D eigenvalue weighted by atomic mass is 10.1. The molecule has 0 bridgehead atoms. The summed E-state index contributed by atoms with van der Waals surface area (Å²) in [5, 5.41) is 8.11. The van der Waals surface area contributed by atoms with Gasteiger partial charge in [-0.25, -0.2) is 4.98 Å². The maximum absolute atomic E-state index is 13.7. The van der Waals surface area contributed by atoms with Crippen LogP contribution in [0.3, 0.4) is 0 Å². The summed E-state index contributed by atoms with van der Waals surface area (Å²) in [6.45, 7) is 2.52. The lowest BCUT2D eigenvalue weighted by molar-refractivity contribution is -0.115. The van der Waals surface area contributed by atoms with E-state index in [1.54, 1.807) is 0 Å². The highest BCUT2D eigenvalue weighted by molar-refractivity contribution is 8.00. The number of nitrogens with zero attached hydrogens (tertiary/aromatic N) is 1. The van der Waals surface area contributed by atoms with Crippen LogP contribution in [0.4, 0.5) is 10.8 Å². The highest BCUT2D eigenvalue weighted by atomic mass is 32.2. The van der Waals surface area contributed by atoms with Gasteiger partial charge in [0.1, 0.15) is 11.0 Å². The summed E-state index contributed by atoms with van der Waals surface area (Å²) in [5.41, 5.74) is 2.90. The number of anilines is 2. The Morgan fingerprint density at radius 2 is 1.64 bits per heavy atom. The van der Waals surface area contributed by atoms with E-state index in [-0.39, 0.29) is 11.8 Å². The molecule has 1 heterocycles. The molecule has 42 heavy (non-hydrogen) atoms. The van der Waals surface area contributed by atoms with Crippen molar-refractivity contribution in [2.45, 2.75) is 17.1 Å². The molecule has 6 aromatic rings. The van der Waals surface area contributed by atoms with E-state index in [0.717, 1.165) is 37.2 Å². The number of ether oxygens (including phenoxy) is 1. The zero-order valence-electron chi connectivity index (χ0n) is 22.7. The third-order valence-corrected chi connectivity index (χ3v) is 8.78. The number of fused-ring (bicyclic) bond motifs is 2. The molecule has 1 unspecified atom stereocenters. The molecule has 0 spiro atoms. The summed E-state index contributed by atoms with van der Waals surface area (Å²) in [5.74, 6) is 0.404. The second kappa shape index (κ2) is 12.5. The van der Waals surface area contributed by atoms with E-state index < -0.39 is 5.25 Å². The van der Waals surface area contributed by atoms with Crippen LogP contribution in [0.25, 0.3) is 21.0 Å². The van der Waals surface area contributed by atoms with Gasteiger partial charge in [-0.15, -0.1) is 11.8 Å². The first-order valence-corrected chi connectivity index (χ1v) is 15.2. The Morgan fingerprint density at radius 1 is 0.833 bits per heavy atom. The largest absolute Gasteiger partial charge is 0.494 e. The minimum atomic E-state index is -0.538. The fourth-order valence-electron chi connectivity index (χ4n) is 4.60. The number of thioether (sulfide) groups is 1. The number of carbonyl (C=O) groups is 2. The first kappa shape index (κ1) is 27.5. The molecule has 0 radical (unpaired) electrons. The van der Waals surface area contributed by atoms with Crippen molar-refractivity contribution in [2.24, 2.45) is 0 Å². The zero-order chi connectivity index (χ0) is 28.9. The van der Waals surface area contributed by atoms with Gasteiger partial charge in [-0.2, -0.15) is 0 Å². The topological polar surface area (TPSA) is 80.3 Å². The van der Waals surface area contributed by atoms with Gasteiger partial charge in [-0.05, 0) is 71.8 Å². The van der Waals surface area contributed by atoms with Crippen molar-refractivity contribution < 1.29 is 14.3 Å². The van der Waals surface area contributed by atoms with Crippen LogP contribution in [0.15, 0.2) is 120 Å². The Kier molecular flexibility index (Phi) is 8.16. The van der Waals surface area contributed by atoms with Crippen LogP contribution in [-0.2, 0) is 4.79 Å². The van der Waals surface area contributed by atoms with Crippen molar-refractivity contribution in [1.29, 1.82) is 0 Å². The van der Waals surface area contributed by atoms with E-state index in [0.29, 0.717) is 23.0 Å². The molecule has 5 aromatic carbocycles. The van der Waals surface area contributed by atoms with Crippen LogP contribution in [0.5, 0.6) is 5.75 Å². The number of aromatic nitrogens is 1. The van der Waals surface area contributed by atoms with Gasteiger partial charge in [0.2, 0.25) is 5.91 Å². The molecule has 0 saturated carbocycles. The number of carbonyl (C=O) groups excluding carboxylic acids is 2. The van der Waals surface area contributed by atoms with Gasteiger partial charge >= 0.3 is 0 Å². The zero-order valence-corrected chi connectivity index (χ0v) is 24.4. The Morgan fingerprint density at radius 3 is 2.48 bits per heavy atom. The third kappa shape index (κ3) is 6.30. The normalized spacial score (nSPS) is 11.7. The first-order valence-electron chi connectivity index (χ1n) is 13.5. The minimum absolute atomic E-state index is 0.180. The molecule has 6 rings (SSSR count). The molecule has 0 saturated heterocycles. The molecule has 0 aliphatic heterocycles. The van der Waals surface area contributed by atoms with Gasteiger partial charge in [-0.3, -0.25) is 9.59 Å². The molecule has 0 aliphatic carbocycles. The van der Waals surface area contributed by atoms with Crippen molar-refractivity contribution in [3.8, 4) is 5.75 Å². The van der Waals surface area contributed by atoms with E-state index in [1.165, 1.54) is 23.1 Å². The Labute approximate surface area is 251 Å². The van der Waals surface area contributed by atoms with E-state index >= 15 is 0 Å². The predicted molar refractivity (Wildman–Crippen MR) is 173 cm³/mol. The highest BCUT2D eigenvalue weighted by Crippen LogP contribution is 2.38. The smallest absolute Gasteiger partial charge is 0.255 e. The van der Waals surface area contributed by atoms with Crippen molar-refractivity contribution in [1.82, 2.24) is 4.98 Å². The number of hydrogen-bond donors (Lipinski definition) is 2. The van der Waals surface area contributed by atoms with E-state index in [1.807, 2.05) is 122 Å². The van der Waals surface area contributed by atoms with Gasteiger partial charge in [0.15, 0.2) is 5.13 Å². The maximum Gasteiger partial charge on any atom is 0.255 e. The van der Waals surface area contributed by atoms with Crippen LogP contribution in [0, 0.1) is 0 Å². The lowest BCUT2D eigenvalue weighted by Crippen LogP contribution is -2.19. The van der Waals surface area contributed by atoms with Crippen molar-refractivity contribution in [3.63, 3.8) is 0 Å². The van der Waals surface area contributed by atoms with E-state index in [9.17, 15) is 9.59 Å². The quantitative estimate of drug-likeness (QED) is 0.165. The van der Waals surface area contributed by atoms with E-state index in [4.69, 9.17) is 4.74 Å². The summed E-state index contributed by atoms with van der Waals surface area (Å²) in [6, 6.07) is 36.5. The van der Waals surface area contributed by atoms with E-state index in [2.05, 4.69) is 15.6 Å². The summed E-state index contributed by atoms with van der Waals surface area (Å²) in [6.07, 6.45) is 0. The van der Waals surface area contributed by atoms with Crippen LogP contribution in [0.1, 0.15) is 28.1 Å². The molecule has 208 valence electrons. The Hall–Kier alpha value is -4.66. The average molecular weight is 590 g/mol. The molecule has 2 amide bonds. The average Bonchev–Trinajstić information content (AvgIpc) is 3.42.